The molecule has 1 rings (SSSR count). The van der Waals surface area contributed by atoms with E-state index >= 15 is 0 Å². The molecule has 5 heteroatoms. The molecule has 0 fully saturated rings. The predicted molar refractivity (Wildman–Crippen MR) is 74.7 cm³/mol. The van der Waals surface area contributed by atoms with E-state index in [1.807, 2.05) is 25.1 Å². The molecule has 1 heterocycles. The van der Waals surface area contributed by atoms with E-state index in [2.05, 4.69) is 20.4 Å². The van der Waals surface area contributed by atoms with Crippen LogP contribution in [0.2, 0.25) is 0 Å². The lowest BCUT2D eigenvalue weighted by Gasteiger charge is -2.39. The highest BCUT2D eigenvalue weighted by atomic mass is 16.7. The smallest absolute Gasteiger partial charge is 0.324 e. The predicted octanol–water partition coefficient (Wildman–Crippen LogP) is 1.39. The summed E-state index contributed by atoms with van der Waals surface area (Å²) in [7, 11) is 3.69. The molecule has 5 nitrogen and oxygen atoms in total. The van der Waals surface area contributed by atoms with E-state index in [0.29, 0.717) is 13.2 Å². The molecule has 0 aromatic heterocycles. The van der Waals surface area contributed by atoms with E-state index in [4.69, 9.17) is 4.84 Å². The van der Waals surface area contributed by atoms with Crippen molar-refractivity contribution in [2.24, 2.45) is 5.92 Å². The van der Waals surface area contributed by atoms with Crippen LogP contribution in [0.4, 0.5) is 0 Å². The van der Waals surface area contributed by atoms with Crippen LogP contribution in [0.15, 0.2) is 24.3 Å². The van der Waals surface area contributed by atoms with Crippen LogP contribution in [0, 0.1) is 5.92 Å². The Kier molecular flexibility index (Phi) is 5.72. The van der Waals surface area contributed by atoms with Crippen LogP contribution < -0.4 is 0 Å². The van der Waals surface area contributed by atoms with Crippen LogP contribution in [0.1, 0.15) is 13.8 Å². The third-order valence-electron chi connectivity index (χ3n) is 3.43. The van der Waals surface area contributed by atoms with Crippen molar-refractivity contribution in [3.63, 3.8) is 0 Å². The topological polar surface area (TPSA) is 53.0 Å². The number of aliphatic carboxylic acids is 1. The van der Waals surface area contributed by atoms with E-state index in [0.717, 1.165) is 5.57 Å². The maximum atomic E-state index is 11.2. The molecule has 0 aliphatic carbocycles. The third-order valence-corrected chi connectivity index (χ3v) is 3.43. The number of rotatable bonds is 6. The van der Waals surface area contributed by atoms with E-state index in [-0.39, 0.29) is 12.0 Å². The Morgan fingerprint density at radius 2 is 2.37 bits per heavy atom. The molecule has 0 saturated heterocycles. The maximum Gasteiger partial charge on any atom is 0.324 e. The summed E-state index contributed by atoms with van der Waals surface area (Å²) >= 11 is 0. The molecular weight excluding hydrogens is 244 g/mol. The third kappa shape index (κ3) is 3.89. The fourth-order valence-electron chi connectivity index (χ4n) is 2.33. The van der Waals surface area contributed by atoms with Crippen molar-refractivity contribution >= 4 is 5.97 Å². The zero-order valence-corrected chi connectivity index (χ0v) is 12.2. The molecule has 1 N–H and O–H groups in total. The Morgan fingerprint density at radius 3 is 2.84 bits per heavy atom. The lowest BCUT2D eigenvalue weighted by atomic mass is 9.89. The Labute approximate surface area is 115 Å². The Balaban J connectivity index is 2.94. The van der Waals surface area contributed by atoms with Gasteiger partial charge in [-0.05, 0) is 18.5 Å². The number of carbonyl (C=O) groups is 1. The van der Waals surface area contributed by atoms with Crippen molar-refractivity contribution < 1.29 is 14.7 Å². The van der Waals surface area contributed by atoms with E-state index in [9.17, 15) is 9.90 Å². The van der Waals surface area contributed by atoms with Gasteiger partial charge >= 0.3 is 5.97 Å². The Morgan fingerprint density at radius 1 is 1.74 bits per heavy atom. The summed E-state index contributed by atoms with van der Waals surface area (Å²) < 4.78 is 0. The number of nitrogens with zero attached hydrogens (tertiary/aromatic N) is 2. The molecular formula is C14H24N2O3. The van der Waals surface area contributed by atoms with Crippen molar-refractivity contribution in [2.45, 2.75) is 25.9 Å². The van der Waals surface area contributed by atoms with Gasteiger partial charge in [-0.1, -0.05) is 26.0 Å². The van der Waals surface area contributed by atoms with Crippen molar-refractivity contribution in [1.29, 1.82) is 0 Å². The second-order valence-electron chi connectivity index (χ2n) is 5.19. The molecule has 108 valence electrons. The number of hydrogen-bond acceptors (Lipinski definition) is 4. The standard InChI is InChI=1S/C14H24N2O3/c1-6-7-19-16(5)13-9-15(4)12(14(17)18)8-11(13)10(2)3/h6,8,10,12-13H,1,7,9H2,2-5H3,(H,17,18)/t12-,13-/m0/s1. The second kappa shape index (κ2) is 6.84. The molecule has 0 aromatic carbocycles. The average Bonchev–Trinajstić information content (AvgIpc) is 2.34. The molecule has 1 aliphatic heterocycles. The largest absolute Gasteiger partial charge is 0.480 e. The number of likely N-dealkylation sites (N-methyl/N-ethyl adjacent to an activating group) is 2. The van der Waals surface area contributed by atoms with Crippen LogP contribution >= 0.6 is 0 Å². The molecule has 0 bridgehead atoms. The van der Waals surface area contributed by atoms with Crippen LogP contribution in [0.25, 0.3) is 0 Å². The van der Waals surface area contributed by atoms with Gasteiger partial charge in [-0.25, -0.2) is 0 Å². The van der Waals surface area contributed by atoms with Crippen molar-refractivity contribution in [2.75, 3.05) is 27.2 Å². The van der Waals surface area contributed by atoms with Gasteiger partial charge in [0, 0.05) is 13.6 Å². The van der Waals surface area contributed by atoms with Crippen LogP contribution in [-0.2, 0) is 9.63 Å². The average molecular weight is 268 g/mol. The Hall–Kier alpha value is -1.17. The van der Waals surface area contributed by atoms with Crippen molar-refractivity contribution in [1.82, 2.24) is 9.96 Å². The van der Waals surface area contributed by atoms with Gasteiger partial charge in [0.1, 0.15) is 6.04 Å². The van der Waals surface area contributed by atoms with E-state index in [1.165, 1.54) is 0 Å². The summed E-state index contributed by atoms with van der Waals surface area (Å²) in [6.45, 7) is 8.86. The molecule has 19 heavy (non-hydrogen) atoms. The lowest BCUT2D eigenvalue weighted by Crippen LogP contribution is -2.51. The highest BCUT2D eigenvalue weighted by Gasteiger charge is 2.34. The molecule has 0 amide bonds. The Bertz CT molecular complexity index is 366. The summed E-state index contributed by atoms with van der Waals surface area (Å²) in [5.74, 6) is -0.524. The molecule has 0 aromatic rings. The number of carboxylic acid groups (broad SMARTS) is 1. The van der Waals surface area contributed by atoms with Gasteiger partial charge in [0.15, 0.2) is 0 Å². The number of carboxylic acids is 1. The van der Waals surface area contributed by atoms with E-state index in [1.54, 1.807) is 11.1 Å². The highest BCUT2D eigenvalue weighted by molar-refractivity contribution is 5.76. The summed E-state index contributed by atoms with van der Waals surface area (Å²) in [5, 5.41) is 11.0. The first-order valence-corrected chi connectivity index (χ1v) is 6.49. The molecule has 0 spiro atoms. The quantitative estimate of drug-likeness (QED) is 0.583. The first kappa shape index (κ1) is 15.9. The maximum absolute atomic E-state index is 11.2. The summed E-state index contributed by atoms with van der Waals surface area (Å²) in [6, 6.07) is -0.484. The van der Waals surface area contributed by atoms with Gasteiger partial charge < -0.3 is 5.11 Å². The molecule has 1 aliphatic rings. The minimum absolute atomic E-state index is 0.0700. The van der Waals surface area contributed by atoms with Crippen molar-refractivity contribution in [3.8, 4) is 0 Å². The minimum atomic E-state index is -0.811. The number of hydrogen-bond donors (Lipinski definition) is 1. The molecule has 0 unspecified atom stereocenters. The first-order valence-electron chi connectivity index (χ1n) is 6.49. The van der Waals surface area contributed by atoms with Crippen molar-refractivity contribution in [3.05, 3.63) is 24.3 Å². The van der Waals surface area contributed by atoms with Gasteiger partial charge in [-0.15, -0.1) is 6.58 Å². The minimum Gasteiger partial charge on any atom is -0.480 e. The fraction of sp³-hybridized carbons (Fsp3) is 0.643. The monoisotopic (exact) mass is 268 g/mol. The molecule has 2 atom stereocenters. The fourth-order valence-corrected chi connectivity index (χ4v) is 2.33. The SMILES string of the molecule is C=CCON(C)[C@H]1CN(C)[C@H](C(=O)O)C=C1C(C)C. The first-order chi connectivity index (χ1) is 8.88. The normalized spacial score (nSPS) is 24.6. The van der Waals surface area contributed by atoms with Crippen LogP contribution in [0.5, 0.6) is 0 Å². The van der Waals surface area contributed by atoms with E-state index < -0.39 is 12.0 Å². The molecule has 0 saturated carbocycles. The van der Waals surface area contributed by atoms with Crippen LogP contribution in [-0.4, -0.2) is 60.4 Å². The lowest BCUT2D eigenvalue weighted by molar-refractivity contribution is -0.159. The van der Waals surface area contributed by atoms with Gasteiger partial charge in [-0.2, -0.15) is 5.06 Å². The zero-order valence-electron chi connectivity index (χ0n) is 12.2. The highest BCUT2D eigenvalue weighted by Crippen LogP contribution is 2.25. The molecule has 0 radical (unpaired) electrons. The second-order valence-corrected chi connectivity index (χ2v) is 5.19. The summed E-state index contributed by atoms with van der Waals surface area (Å²) in [4.78, 5) is 18.6. The van der Waals surface area contributed by atoms with Crippen LogP contribution in [0.3, 0.4) is 0 Å². The summed E-state index contributed by atoms with van der Waals surface area (Å²) in [6.07, 6.45) is 3.54. The number of hydroxylamine groups is 2. The van der Waals surface area contributed by atoms with Gasteiger partial charge in [0.25, 0.3) is 0 Å². The van der Waals surface area contributed by atoms with Gasteiger partial charge in [0.05, 0.1) is 12.6 Å². The van der Waals surface area contributed by atoms with Gasteiger partial charge in [0.2, 0.25) is 0 Å². The zero-order chi connectivity index (χ0) is 14.6. The van der Waals surface area contributed by atoms with Gasteiger partial charge in [-0.3, -0.25) is 14.5 Å². The summed E-state index contributed by atoms with van der Waals surface area (Å²) in [5.41, 5.74) is 1.11.